The van der Waals surface area contributed by atoms with Crippen LogP contribution in [0.2, 0.25) is 0 Å². The zero-order valence-corrected chi connectivity index (χ0v) is 12.8. The van der Waals surface area contributed by atoms with Crippen LogP contribution in [-0.4, -0.2) is 12.1 Å². The lowest BCUT2D eigenvalue weighted by Gasteiger charge is -2.31. The highest BCUT2D eigenvalue weighted by Crippen LogP contribution is 2.32. The standard InChI is InChI=1S/C19H25NO/c1-15(14-19-8-5-13-21-19)20-18-11-9-17(10-12-18)16-6-3-2-4-7-16/h2-8,13,15,17-18,20H,9-12,14H2,1H3. The number of benzene rings is 1. The van der Waals surface area contributed by atoms with Gasteiger partial charge in [0.2, 0.25) is 0 Å². The molecule has 0 radical (unpaired) electrons. The Morgan fingerprint density at radius 2 is 1.81 bits per heavy atom. The summed E-state index contributed by atoms with van der Waals surface area (Å²) in [5.41, 5.74) is 1.51. The predicted octanol–water partition coefficient (Wildman–Crippen LogP) is 4.53. The van der Waals surface area contributed by atoms with Crippen molar-refractivity contribution < 1.29 is 4.42 Å². The van der Waals surface area contributed by atoms with E-state index in [1.165, 1.54) is 31.2 Å². The fourth-order valence-corrected chi connectivity index (χ4v) is 3.51. The highest BCUT2D eigenvalue weighted by molar-refractivity contribution is 5.20. The Morgan fingerprint density at radius 3 is 2.48 bits per heavy atom. The molecular weight excluding hydrogens is 258 g/mol. The highest BCUT2D eigenvalue weighted by atomic mass is 16.3. The molecule has 1 heterocycles. The molecule has 2 aromatic rings. The predicted molar refractivity (Wildman–Crippen MR) is 86.4 cm³/mol. The third kappa shape index (κ3) is 3.98. The normalized spacial score (nSPS) is 23.9. The molecule has 1 aliphatic rings. The summed E-state index contributed by atoms with van der Waals surface area (Å²) in [6.07, 6.45) is 7.90. The van der Waals surface area contributed by atoms with E-state index in [-0.39, 0.29) is 0 Å². The fourth-order valence-electron chi connectivity index (χ4n) is 3.51. The SMILES string of the molecule is CC(Cc1ccco1)NC1CCC(c2ccccc2)CC1. The van der Waals surface area contributed by atoms with Crippen molar-refractivity contribution in [2.45, 2.75) is 57.0 Å². The van der Waals surface area contributed by atoms with E-state index in [0.29, 0.717) is 12.1 Å². The quantitative estimate of drug-likeness (QED) is 0.872. The van der Waals surface area contributed by atoms with E-state index < -0.39 is 0 Å². The van der Waals surface area contributed by atoms with E-state index in [1.54, 1.807) is 6.26 Å². The molecule has 21 heavy (non-hydrogen) atoms. The number of hydrogen-bond donors (Lipinski definition) is 1. The van der Waals surface area contributed by atoms with Gasteiger partial charge < -0.3 is 9.73 Å². The van der Waals surface area contributed by atoms with Crippen molar-refractivity contribution in [3.63, 3.8) is 0 Å². The van der Waals surface area contributed by atoms with Crippen LogP contribution in [0.1, 0.15) is 49.8 Å². The molecule has 1 saturated carbocycles. The summed E-state index contributed by atoms with van der Waals surface area (Å²) < 4.78 is 5.43. The van der Waals surface area contributed by atoms with Crippen molar-refractivity contribution in [1.29, 1.82) is 0 Å². The van der Waals surface area contributed by atoms with Gasteiger partial charge in [0.25, 0.3) is 0 Å². The van der Waals surface area contributed by atoms with Gasteiger partial charge in [0, 0.05) is 18.5 Å². The summed E-state index contributed by atoms with van der Waals surface area (Å²) >= 11 is 0. The Bertz CT molecular complexity index is 512. The second-order valence-electron chi connectivity index (χ2n) is 6.31. The molecule has 0 saturated heterocycles. The zero-order valence-electron chi connectivity index (χ0n) is 12.8. The molecular formula is C19H25NO. The Hall–Kier alpha value is -1.54. The van der Waals surface area contributed by atoms with Crippen molar-refractivity contribution in [1.82, 2.24) is 5.32 Å². The monoisotopic (exact) mass is 283 g/mol. The van der Waals surface area contributed by atoms with E-state index in [2.05, 4.69) is 48.6 Å². The van der Waals surface area contributed by atoms with Crippen LogP contribution in [0, 0.1) is 0 Å². The van der Waals surface area contributed by atoms with Crippen LogP contribution in [0.25, 0.3) is 0 Å². The second-order valence-corrected chi connectivity index (χ2v) is 6.31. The third-order valence-electron chi connectivity index (χ3n) is 4.61. The van der Waals surface area contributed by atoms with E-state index in [9.17, 15) is 0 Å². The number of rotatable bonds is 5. The lowest BCUT2D eigenvalue weighted by molar-refractivity contribution is 0.313. The smallest absolute Gasteiger partial charge is 0.105 e. The van der Waals surface area contributed by atoms with Gasteiger partial charge in [0.15, 0.2) is 0 Å². The van der Waals surface area contributed by atoms with Crippen LogP contribution in [0.4, 0.5) is 0 Å². The Kier molecular flexibility index (Phi) is 4.76. The van der Waals surface area contributed by atoms with Crippen LogP contribution in [0.15, 0.2) is 53.1 Å². The van der Waals surface area contributed by atoms with Crippen molar-refractivity contribution in [3.05, 3.63) is 60.1 Å². The first-order chi connectivity index (χ1) is 10.3. The third-order valence-corrected chi connectivity index (χ3v) is 4.61. The molecule has 3 rings (SSSR count). The van der Waals surface area contributed by atoms with Gasteiger partial charge in [-0.05, 0) is 56.2 Å². The highest BCUT2D eigenvalue weighted by Gasteiger charge is 2.23. The van der Waals surface area contributed by atoms with Gasteiger partial charge in [-0.1, -0.05) is 30.3 Å². The molecule has 0 aliphatic heterocycles. The van der Waals surface area contributed by atoms with Crippen molar-refractivity contribution >= 4 is 0 Å². The molecule has 1 aromatic heterocycles. The maximum atomic E-state index is 5.43. The second kappa shape index (κ2) is 6.95. The Morgan fingerprint density at radius 1 is 1.05 bits per heavy atom. The van der Waals surface area contributed by atoms with Crippen molar-refractivity contribution in [3.8, 4) is 0 Å². The van der Waals surface area contributed by atoms with Crippen LogP contribution in [-0.2, 0) is 6.42 Å². The van der Waals surface area contributed by atoms with Crippen LogP contribution in [0.3, 0.4) is 0 Å². The minimum absolute atomic E-state index is 0.481. The molecule has 1 unspecified atom stereocenters. The average molecular weight is 283 g/mol. The van der Waals surface area contributed by atoms with E-state index in [4.69, 9.17) is 4.42 Å². The first kappa shape index (κ1) is 14.4. The minimum Gasteiger partial charge on any atom is -0.469 e. The number of hydrogen-bond acceptors (Lipinski definition) is 2. The van der Waals surface area contributed by atoms with Gasteiger partial charge in [-0.2, -0.15) is 0 Å². The number of nitrogens with one attached hydrogen (secondary N) is 1. The molecule has 0 bridgehead atoms. The van der Waals surface area contributed by atoms with Crippen molar-refractivity contribution in [2.75, 3.05) is 0 Å². The molecule has 1 atom stereocenters. The molecule has 0 spiro atoms. The summed E-state index contributed by atoms with van der Waals surface area (Å²) in [7, 11) is 0. The van der Waals surface area contributed by atoms with E-state index in [0.717, 1.165) is 18.1 Å². The molecule has 2 heteroatoms. The zero-order chi connectivity index (χ0) is 14.5. The molecule has 1 N–H and O–H groups in total. The van der Waals surface area contributed by atoms with Gasteiger partial charge in [-0.15, -0.1) is 0 Å². The van der Waals surface area contributed by atoms with Gasteiger partial charge in [-0.3, -0.25) is 0 Å². The van der Waals surface area contributed by atoms with Crippen LogP contribution >= 0.6 is 0 Å². The lowest BCUT2D eigenvalue weighted by Crippen LogP contribution is -2.39. The van der Waals surface area contributed by atoms with Crippen molar-refractivity contribution in [2.24, 2.45) is 0 Å². The van der Waals surface area contributed by atoms with Crippen LogP contribution in [0.5, 0.6) is 0 Å². The summed E-state index contributed by atoms with van der Waals surface area (Å²) in [5, 5.41) is 3.77. The maximum Gasteiger partial charge on any atom is 0.105 e. The minimum atomic E-state index is 0.481. The Labute approximate surface area is 127 Å². The van der Waals surface area contributed by atoms with Gasteiger partial charge in [-0.25, -0.2) is 0 Å². The van der Waals surface area contributed by atoms with Crippen LogP contribution < -0.4 is 5.32 Å². The average Bonchev–Trinajstić information content (AvgIpc) is 3.02. The topological polar surface area (TPSA) is 25.2 Å². The first-order valence-electron chi connectivity index (χ1n) is 8.14. The lowest BCUT2D eigenvalue weighted by atomic mass is 9.81. The summed E-state index contributed by atoms with van der Waals surface area (Å²) in [6, 6.07) is 16.1. The largest absolute Gasteiger partial charge is 0.469 e. The fraction of sp³-hybridized carbons (Fsp3) is 0.474. The van der Waals surface area contributed by atoms with E-state index >= 15 is 0 Å². The Balaban J connectivity index is 1.45. The van der Waals surface area contributed by atoms with Gasteiger partial charge in [0.1, 0.15) is 5.76 Å². The van der Waals surface area contributed by atoms with E-state index in [1.807, 2.05) is 6.07 Å². The molecule has 2 nitrogen and oxygen atoms in total. The molecule has 1 aliphatic carbocycles. The molecule has 0 amide bonds. The first-order valence-corrected chi connectivity index (χ1v) is 8.14. The number of furan rings is 1. The van der Waals surface area contributed by atoms with Gasteiger partial charge in [0.05, 0.1) is 6.26 Å². The maximum absolute atomic E-state index is 5.43. The molecule has 1 fully saturated rings. The summed E-state index contributed by atoms with van der Waals surface area (Å²) in [4.78, 5) is 0. The molecule has 1 aromatic carbocycles. The van der Waals surface area contributed by atoms with Gasteiger partial charge >= 0.3 is 0 Å². The summed E-state index contributed by atoms with van der Waals surface area (Å²) in [5.74, 6) is 1.83. The summed E-state index contributed by atoms with van der Waals surface area (Å²) in [6.45, 7) is 2.26. The molecule has 112 valence electrons.